The van der Waals surface area contributed by atoms with E-state index in [2.05, 4.69) is 5.32 Å². The van der Waals surface area contributed by atoms with E-state index in [1.807, 2.05) is 0 Å². The van der Waals surface area contributed by atoms with E-state index in [0.29, 0.717) is 12.1 Å². The molecular weight excluding hydrogens is 386 g/mol. The Bertz CT molecular complexity index is 1030. The van der Waals surface area contributed by atoms with Gasteiger partial charge in [-0.2, -0.15) is 42.1 Å². The molecule has 1 N–H and O–H groups in total. The molecule has 0 saturated carbocycles. The molecule has 0 aliphatic heterocycles. The molecule has 0 heterocycles. The van der Waals surface area contributed by atoms with Crippen LogP contribution in [0.4, 0.5) is 26.3 Å². The van der Waals surface area contributed by atoms with Crippen molar-refractivity contribution in [2.45, 2.75) is 18.4 Å². The fourth-order valence-corrected chi connectivity index (χ4v) is 3.22. The first-order chi connectivity index (χ1) is 13.0. The lowest BCUT2D eigenvalue weighted by molar-refractivity contribution is -0.138. The summed E-state index contributed by atoms with van der Waals surface area (Å²) < 4.78 is 79.6. The molecule has 0 bridgehead atoms. The normalized spacial score (nSPS) is 13.1. The van der Waals surface area contributed by atoms with Crippen LogP contribution in [-0.4, -0.2) is 0 Å². The van der Waals surface area contributed by atoms with Crippen molar-refractivity contribution >= 4 is 0 Å². The molecule has 2 aromatic rings. The van der Waals surface area contributed by atoms with Gasteiger partial charge < -0.3 is 5.32 Å². The van der Waals surface area contributed by atoms with Crippen molar-refractivity contribution in [3.63, 3.8) is 0 Å². The van der Waals surface area contributed by atoms with Gasteiger partial charge in [0, 0.05) is 0 Å². The Morgan fingerprint density at radius 2 is 1.11 bits per heavy atom. The second-order valence-corrected chi connectivity index (χ2v) is 5.88. The summed E-state index contributed by atoms with van der Waals surface area (Å²) in [7, 11) is 0. The molecule has 140 valence electrons. The maximum atomic E-state index is 13.3. The predicted molar refractivity (Wildman–Crippen MR) is 81.9 cm³/mol. The first-order valence-corrected chi connectivity index (χ1v) is 7.48. The number of rotatable bonds is 1. The molecule has 0 unspecified atom stereocenters. The SMILES string of the molecule is N#CNC1c2cc(C#N)c(C(F)(F)F)cc2-c2cc(C(F)(F)F)c(C#N)cc21. The van der Waals surface area contributed by atoms with Gasteiger partial charge in [0.15, 0.2) is 6.19 Å². The number of fused-ring (bicyclic) bond motifs is 3. The number of hydrogen-bond donors (Lipinski definition) is 1. The molecule has 3 rings (SSSR count). The van der Waals surface area contributed by atoms with Crippen molar-refractivity contribution in [3.05, 3.63) is 57.6 Å². The minimum absolute atomic E-state index is 0.0457. The Kier molecular flexibility index (Phi) is 4.20. The highest BCUT2D eigenvalue weighted by atomic mass is 19.4. The molecule has 0 spiro atoms. The summed E-state index contributed by atoms with van der Waals surface area (Å²) in [5.41, 5.74) is -4.33. The van der Waals surface area contributed by atoms with E-state index < -0.39 is 40.6 Å². The number of halogens is 6. The Morgan fingerprint density at radius 3 is 1.39 bits per heavy atom. The highest BCUT2D eigenvalue weighted by Crippen LogP contribution is 2.49. The summed E-state index contributed by atoms with van der Waals surface area (Å²) in [6.07, 6.45) is -8.21. The average Bonchev–Trinajstić information content (AvgIpc) is 2.91. The maximum absolute atomic E-state index is 13.3. The molecule has 1 aliphatic carbocycles. The van der Waals surface area contributed by atoms with Gasteiger partial charge in [-0.3, -0.25) is 0 Å². The molecule has 2 aromatic carbocycles. The molecule has 0 aromatic heterocycles. The van der Waals surface area contributed by atoms with Crippen LogP contribution in [0.1, 0.15) is 39.4 Å². The van der Waals surface area contributed by atoms with Crippen molar-refractivity contribution in [2.24, 2.45) is 0 Å². The predicted octanol–water partition coefficient (Wildman–Crippen LogP) is 4.61. The number of alkyl halides is 6. The Labute approximate surface area is 153 Å². The van der Waals surface area contributed by atoms with Gasteiger partial charge >= 0.3 is 12.4 Å². The van der Waals surface area contributed by atoms with E-state index in [1.165, 1.54) is 12.1 Å². The lowest BCUT2D eigenvalue weighted by Gasteiger charge is -2.14. The summed E-state index contributed by atoms with van der Waals surface area (Å²) in [5, 5.41) is 29.4. The average molecular weight is 392 g/mol. The number of hydrogen-bond acceptors (Lipinski definition) is 4. The zero-order valence-corrected chi connectivity index (χ0v) is 13.5. The van der Waals surface area contributed by atoms with Crippen LogP contribution in [0.2, 0.25) is 0 Å². The minimum Gasteiger partial charge on any atom is -0.312 e. The van der Waals surface area contributed by atoms with Gasteiger partial charge in [-0.05, 0) is 46.5 Å². The summed E-state index contributed by atoms with van der Waals surface area (Å²) >= 11 is 0. The molecule has 0 saturated heterocycles. The minimum atomic E-state index is -4.90. The van der Waals surface area contributed by atoms with Crippen molar-refractivity contribution in [1.82, 2.24) is 5.32 Å². The van der Waals surface area contributed by atoms with Crippen LogP contribution in [0.15, 0.2) is 24.3 Å². The quantitative estimate of drug-likeness (QED) is 0.437. The van der Waals surface area contributed by atoms with Crippen LogP contribution >= 0.6 is 0 Å². The Hall–Kier alpha value is -3.71. The number of nitrogens with one attached hydrogen (secondary N) is 1. The third kappa shape index (κ3) is 2.87. The zero-order valence-electron chi connectivity index (χ0n) is 13.5. The van der Waals surface area contributed by atoms with Crippen LogP contribution in [0.25, 0.3) is 11.1 Å². The number of nitriles is 3. The van der Waals surface area contributed by atoms with Gasteiger partial charge in [-0.15, -0.1) is 0 Å². The summed E-state index contributed by atoms with van der Waals surface area (Å²) in [6.45, 7) is 0. The van der Waals surface area contributed by atoms with Crippen LogP contribution in [0.5, 0.6) is 0 Å². The monoisotopic (exact) mass is 392 g/mol. The third-order valence-electron chi connectivity index (χ3n) is 4.35. The molecule has 28 heavy (non-hydrogen) atoms. The van der Waals surface area contributed by atoms with E-state index in [4.69, 9.17) is 15.8 Å². The molecule has 1 aliphatic rings. The van der Waals surface area contributed by atoms with Crippen LogP contribution in [0, 0.1) is 34.1 Å². The smallest absolute Gasteiger partial charge is 0.312 e. The van der Waals surface area contributed by atoms with E-state index >= 15 is 0 Å². The summed E-state index contributed by atoms with van der Waals surface area (Å²) in [4.78, 5) is 0. The first-order valence-electron chi connectivity index (χ1n) is 7.48. The van der Waals surface area contributed by atoms with Crippen LogP contribution in [0.3, 0.4) is 0 Å². The second-order valence-electron chi connectivity index (χ2n) is 5.88. The number of benzene rings is 2. The first kappa shape index (κ1) is 19.1. The molecule has 0 amide bonds. The van der Waals surface area contributed by atoms with Gasteiger partial charge in [0.05, 0.1) is 40.4 Å². The molecule has 0 atom stereocenters. The van der Waals surface area contributed by atoms with E-state index in [0.717, 1.165) is 12.1 Å². The van der Waals surface area contributed by atoms with Gasteiger partial charge in [-0.25, -0.2) is 0 Å². The zero-order chi connectivity index (χ0) is 20.9. The maximum Gasteiger partial charge on any atom is 0.417 e. The Morgan fingerprint density at radius 1 is 0.714 bits per heavy atom. The fourth-order valence-electron chi connectivity index (χ4n) is 3.22. The highest BCUT2D eigenvalue weighted by Gasteiger charge is 2.41. The van der Waals surface area contributed by atoms with Crippen molar-refractivity contribution in [1.29, 1.82) is 15.8 Å². The van der Waals surface area contributed by atoms with Gasteiger partial charge in [0.2, 0.25) is 0 Å². The van der Waals surface area contributed by atoms with E-state index in [1.54, 1.807) is 6.19 Å². The molecule has 0 fully saturated rings. The molecule has 10 heteroatoms. The fraction of sp³-hybridized carbons (Fsp3) is 0.167. The summed E-state index contributed by atoms with van der Waals surface area (Å²) in [6, 6.07) is 4.73. The topological polar surface area (TPSA) is 83.4 Å². The lowest BCUT2D eigenvalue weighted by atomic mass is 9.96. The van der Waals surface area contributed by atoms with Crippen molar-refractivity contribution < 1.29 is 26.3 Å². The van der Waals surface area contributed by atoms with Crippen LogP contribution in [-0.2, 0) is 12.4 Å². The highest BCUT2D eigenvalue weighted by molar-refractivity contribution is 5.82. The number of nitrogens with zero attached hydrogens (tertiary/aromatic N) is 3. The third-order valence-corrected chi connectivity index (χ3v) is 4.35. The molecule has 0 radical (unpaired) electrons. The molecule has 4 nitrogen and oxygen atoms in total. The van der Waals surface area contributed by atoms with Gasteiger partial charge in [0.25, 0.3) is 0 Å². The van der Waals surface area contributed by atoms with Crippen molar-refractivity contribution in [2.75, 3.05) is 0 Å². The second kappa shape index (κ2) is 6.17. The van der Waals surface area contributed by atoms with E-state index in [9.17, 15) is 26.3 Å². The summed E-state index contributed by atoms with van der Waals surface area (Å²) in [5.74, 6) is 0. The largest absolute Gasteiger partial charge is 0.417 e. The standard InChI is InChI=1S/C18H6F6N4/c19-17(20,21)14-3-10-11-4-15(18(22,23)24)9(6-26)2-13(11)16(28-7-27)12(10)1-8(14)5-25/h1-4,16,28H. The van der Waals surface area contributed by atoms with Gasteiger partial charge in [0.1, 0.15) is 0 Å². The van der Waals surface area contributed by atoms with E-state index in [-0.39, 0.29) is 22.3 Å². The van der Waals surface area contributed by atoms with Crippen LogP contribution < -0.4 is 5.32 Å². The Balaban J connectivity index is 2.40. The van der Waals surface area contributed by atoms with Crippen molar-refractivity contribution in [3.8, 4) is 29.5 Å². The molecular formula is C18H6F6N4. The van der Waals surface area contributed by atoms with Gasteiger partial charge in [-0.1, -0.05) is 0 Å². The lowest BCUT2D eigenvalue weighted by Crippen LogP contribution is -2.16.